The fourth-order valence-electron chi connectivity index (χ4n) is 4.48. The summed E-state index contributed by atoms with van der Waals surface area (Å²) in [4.78, 5) is 28.0. The van der Waals surface area contributed by atoms with E-state index in [4.69, 9.17) is 11.6 Å². The Labute approximate surface area is 219 Å². The molecule has 2 aromatic carbocycles. The Morgan fingerprint density at radius 2 is 1.67 bits per heavy atom. The van der Waals surface area contributed by atoms with Crippen molar-refractivity contribution in [2.75, 3.05) is 17.1 Å². The minimum Gasteiger partial charge on any atom is -0.352 e. The first-order valence-corrected chi connectivity index (χ1v) is 14.7. The van der Waals surface area contributed by atoms with E-state index in [9.17, 15) is 18.0 Å². The van der Waals surface area contributed by atoms with Crippen LogP contribution in [0, 0.1) is 6.92 Å². The molecule has 3 rings (SSSR count). The quantitative estimate of drug-likeness (QED) is 0.454. The van der Waals surface area contributed by atoms with Crippen molar-refractivity contribution in [1.29, 1.82) is 0 Å². The number of sulfonamides is 1. The molecular weight excluding hydrogens is 498 g/mol. The van der Waals surface area contributed by atoms with E-state index in [0.29, 0.717) is 23.7 Å². The summed E-state index contributed by atoms with van der Waals surface area (Å²) in [5.41, 5.74) is 2.55. The molecule has 1 aliphatic rings. The summed E-state index contributed by atoms with van der Waals surface area (Å²) in [5, 5.41) is 3.61. The zero-order valence-corrected chi connectivity index (χ0v) is 22.8. The predicted molar refractivity (Wildman–Crippen MR) is 144 cm³/mol. The Morgan fingerprint density at radius 1 is 1.06 bits per heavy atom. The second kappa shape index (κ2) is 12.6. The van der Waals surface area contributed by atoms with Gasteiger partial charge in [0.15, 0.2) is 0 Å². The molecule has 36 heavy (non-hydrogen) atoms. The first kappa shape index (κ1) is 28.0. The molecule has 0 heterocycles. The van der Waals surface area contributed by atoms with E-state index in [1.807, 2.05) is 31.2 Å². The predicted octanol–water partition coefficient (Wildman–Crippen LogP) is 4.67. The minimum absolute atomic E-state index is 0.118. The second-order valence-corrected chi connectivity index (χ2v) is 11.9. The molecule has 2 aromatic rings. The zero-order valence-electron chi connectivity index (χ0n) is 21.2. The number of benzene rings is 2. The van der Waals surface area contributed by atoms with E-state index < -0.39 is 16.1 Å². The van der Waals surface area contributed by atoms with Crippen molar-refractivity contribution in [1.82, 2.24) is 10.2 Å². The largest absolute Gasteiger partial charge is 0.352 e. The van der Waals surface area contributed by atoms with Gasteiger partial charge in [-0.1, -0.05) is 54.3 Å². The number of nitrogens with one attached hydrogen (secondary N) is 1. The van der Waals surface area contributed by atoms with Gasteiger partial charge in [-0.3, -0.25) is 13.9 Å². The number of halogens is 1. The van der Waals surface area contributed by atoms with E-state index >= 15 is 0 Å². The van der Waals surface area contributed by atoms with Crippen LogP contribution in [-0.4, -0.2) is 50.0 Å². The first-order chi connectivity index (χ1) is 17.0. The summed E-state index contributed by atoms with van der Waals surface area (Å²) >= 11 is 5.94. The molecule has 0 saturated heterocycles. The Hall–Kier alpha value is -2.58. The molecule has 196 valence electrons. The third-order valence-corrected chi connectivity index (χ3v) is 8.06. The number of nitrogens with zero attached hydrogens (tertiary/aromatic N) is 2. The molecule has 2 amide bonds. The summed E-state index contributed by atoms with van der Waals surface area (Å²) in [6.45, 7) is 4.21. The van der Waals surface area contributed by atoms with E-state index in [1.165, 1.54) is 4.31 Å². The van der Waals surface area contributed by atoms with Gasteiger partial charge < -0.3 is 10.2 Å². The maximum atomic E-state index is 13.4. The molecule has 1 atom stereocenters. The average molecular weight is 534 g/mol. The monoisotopic (exact) mass is 533 g/mol. The SMILES string of the molecule is Cc1ccc(CN(C(=O)CCCN(c2ccc(Cl)cc2)S(C)(=O)=O)[C@@H](C)C(=O)NC2CCCC2)cc1. The van der Waals surface area contributed by atoms with Gasteiger partial charge in [0.25, 0.3) is 0 Å². The fraction of sp³-hybridized carbons (Fsp3) is 0.481. The van der Waals surface area contributed by atoms with Gasteiger partial charge in [-0.2, -0.15) is 0 Å². The third kappa shape index (κ3) is 7.96. The Kier molecular flexibility index (Phi) is 9.79. The van der Waals surface area contributed by atoms with Crippen molar-refractivity contribution in [2.45, 2.75) is 71.0 Å². The van der Waals surface area contributed by atoms with Crippen LogP contribution in [0.3, 0.4) is 0 Å². The van der Waals surface area contributed by atoms with Gasteiger partial charge >= 0.3 is 0 Å². The number of hydrogen-bond acceptors (Lipinski definition) is 4. The highest BCUT2D eigenvalue weighted by atomic mass is 35.5. The number of amides is 2. The highest BCUT2D eigenvalue weighted by Crippen LogP contribution is 2.22. The molecule has 1 fully saturated rings. The molecule has 1 saturated carbocycles. The highest BCUT2D eigenvalue weighted by Gasteiger charge is 2.28. The zero-order chi connectivity index (χ0) is 26.3. The number of carbonyl (C=O) groups is 2. The van der Waals surface area contributed by atoms with Gasteiger partial charge in [0.1, 0.15) is 6.04 Å². The van der Waals surface area contributed by atoms with Crippen molar-refractivity contribution in [3.8, 4) is 0 Å². The van der Waals surface area contributed by atoms with Crippen LogP contribution in [0.1, 0.15) is 56.6 Å². The van der Waals surface area contributed by atoms with Crippen LogP contribution in [0.15, 0.2) is 48.5 Å². The average Bonchev–Trinajstić information content (AvgIpc) is 3.34. The Balaban J connectivity index is 1.70. The van der Waals surface area contributed by atoms with Crippen LogP contribution >= 0.6 is 11.6 Å². The molecule has 0 aromatic heterocycles. The van der Waals surface area contributed by atoms with E-state index in [1.54, 1.807) is 36.1 Å². The van der Waals surface area contributed by atoms with E-state index in [0.717, 1.165) is 43.1 Å². The minimum atomic E-state index is -3.54. The lowest BCUT2D eigenvalue weighted by Crippen LogP contribution is -2.49. The van der Waals surface area contributed by atoms with Gasteiger partial charge in [0, 0.05) is 30.6 Å². The maximum Gasteiger partial charge on any atom is 0.242 e. The van der Waals surface area contributed by atoms with Gasteiger partial charge in [-0.25, -0.2) is 8.42 Å². The molecule has 7 nitrogen and oxygen atoms in total. The topological polar surface area (TPSA) is 86.8 Å². The molecular formula is C27H36ClN3O4S. The molecule has 0 aliphatic heterocycles. The lowest BCUT2D eigenvalue weighted by molar-refractivity contribution is -0.141. The third-order valence-electron chi connectivity index (χ3n) is 6.61. The molecule has 9 heteroatoms. The molecule has 0 unspecified atom stereocenters. The summed E-state index contributed by atoms with van der Waals surface area (Å²) in [7, 11) is -3.54. The number of aryl methyl sites for hydroxylation is 1. The van der Waals surface area contributed by atoms with Crippen molar-refractivity contribution >= 4 is 39.1 Å². The van der Waals surface area contributed by atoms with Crippen LogP contribution in [0.4, 0.5) is 5.69 Å². The van der Waals surface area contributed by atoms with E-state index in [2.05, 4.69) is 5.32 Å². The maximum absolute atomic E-state index is 13.4. The second-order valence-electron chi connectivity index (χ2n) is 9.59. The van der Waals surface area contributed by atoms with Gasteiger partial charge in [-0.05, 0) is 62.9 Å². The van der Waals surface area contributed by atoms with Crippen LogP contribution in [0.25, 0.3) is 0 Å². The van der Waals surface area contributed by atoms with E-state index in [-0.39, 0.29) is 30.8 Å². The van der Waals surface area contributed by atoms with Crippen molar-refractivity contribution in [3.05, 3.63) is 64.7 Å². The van der Waals surface area contributed by atoms with Crippen molar-refractivity contribution < 1.29 is 18.0 Å². The van der Waals surface area contributed by atoms with Crippen LogP contribution < -0.4 is 9.62 Å². The molecule has 1 aliphatic carbocycles. The normalized spacial score (nSPS) is 14.9. The van der Waals surface area contributed by atoms with Crippen LogP contribution in [-0.2, 0) is 26.2 Å². The highest BCUT2D eigenvalue weighted by molar-refractivity contribution is 7.92. The van der Waals surface area contributed by atoms with Gasteiger partial charge in [0.05, 0.1) is 11.9 Å². The fourth-order valence-corrected chi connectivity index (χ4v) is 5.57. The summed E-state index contributed by atoms with van der Waals surface area (Å²) in [6, 6.07) is 14.0. The first-order valence-electron chi connectivity index (χ1n) is 12.4. The number of carbonyl (C=O) groups excluding carboxylic acids is 2. The van der Waals surface area contributed by atoms with Crippen LogP contribution in [0.2, 0.25) is 5.02 Å². The van der Waals surface area contributed by atoms with Gasteiger partial charge in [0.2, 0.25) is 21.8 Å². The number of anilines is 1. The van der Waals surface area contributed by atoms with Crippen molar-refractivity contribution in [3.63, 3.8) is 0 Å². The smallest absolute Gasteiger partial charge is 0.242 e. The number of hydrogen-bond donors (Lipinski definition) is 1. The molecule has 0 radical (unpaired) electrons. The molecule has 0 bridgehead atoms. The summed E-state index contributed by atoms with van der Waals surface area (Å²) in [6.07, 6.45) is 5.73. The Morgan fingerprint density at radius 3 is 2.25 bits per heavy atom. The van der Waals surface area contributed by atoms with Crippen molar-refractivity contribution in [2.24, 2.45) is 0 Å². The lowest BCUT2D eigenvalue weighted by atomic mass is 10.1. The number of rotatable bonds is 11. The molecule has 1 N–H and O–H groups in total. The summed E-state index contributed by atoms with van der Waals surface area (Å²) < 4.78 is 26.1. The summed E-state index contributed by atoms with van der Waals surface area (Å²) in [5.74, 6) is -0.338. The van der Waals surface area contributed by atoms with Crippen LogP contribution in [0.5, 0.6) is 0 Å². The standard InChI is InChI=1S/C27H36ClN3O4S/c1-20-10-12-22(13-11-20)19-30(21(2)27(33)29-24-7-4-5-8-24)26(32)9-6-18-31(36(3,34)35)25-16-14-23(28)15-17-25/h10-17,21,24H,4-9,18-19H2,1-3H3,(H,29,33)/t21-/m0/s1. The lowest BCUT2D eigenvalue weighted by Gasteiger charge is -2.30. The van der Waals surface area contributed by atoms with Gasteiger partial charge in [-0.15, -0.1) is 0 Å². The molecule has 0 spiro atoms. The Bertz CT molecular complexity index is 1130.